The Morgan fingerprint density at radius 1 is 0.826 bits per heavy atom. The van der Waals surface area contributed by atoms with Crippen LogP contribution in [0.1, 0.15) is 97.3 Å². The normalized spacial score (nSPS) is 12.1. The van der Waals surface area contributed by atoms with Crippen LogP contribution in [0.15, 0.2) is 0 Å². The first-order chi connectivity index (χ1) is 11.2. The fourth-order valence-corrected chi connectivity index (χ4v) is 2.63. The minimum atomic E-state index is -0.394. The summed E-state index contributed by atoms with van der Waals surface area (Å²) in [7, 11) is 0. The number of hydrogen-bond acceptors (Lipinski definition) is 4. The van der Waals surface area contributed by atoms with Crippen molar-refractivity contribution in [2.75, 3.05) is 6.61 Å². The number of aliphatic hydroxyl groups excluding tert-OH is 1. The fraction of sp³-hybridized carbons (Fsp3) is 0.895. The van der Waals surface area contributed by atoms with E-state index < -0.39 is 5.97 Å². The summed E-state index contributed by atoms with van der Waals surface area (Å²) in [6, 6.07) is 0. The van der Waals surface area contributed by atoms with Gasteiger partial charge in [-0.25, -0.2) is 0 Å². The molecule has 0 heterocycles. The highest BCUT2D eigenvalue weighted by molar-refractivity contribution is 5.86. The SMILES string of the molecule is CCCCCCC(CCCC)C(=O)OC(=O)CCCCCCO. The Balaban J connectivity index is 4.05. The second-order valence-corrected chi connectivity index (χ2v) is 6.37. The van der Waals surface area contributed by atoms with Gasteiger partial charge >= 0.3 is 11.9 Å². The van der Waals surface area contributed by atoms with Gasteiger partial charge in [0.05, 0.1) is 5.92 Å². The zero-order chi connectivity index (χ0) is 17.3. The average molecular weight is 328 g/mol. The Morgan fingerprint density at radius 3 is 2.09 bits per heavy atom. The topological polar surface area (TPSA) is 63.6 Å². The van der Waals surface area contributed by atoms with Gasteiger partial charge in [-0.05, 0) is 25.7 Å². The van der Waals surface area contributed by atoms with Gasteiger partial charge in [-0.2, -0.15) is 0 Å². The maximum absolute atomic E-state index is 12.2. The fourth-order valence-electron chi connectivity index (χ4n) is 2.63. The molecule has 0 aliphatic heterocycles. The molecule has 0 saturated carbocycles. The zero-order valence-electron chi connectivity index (χ0n) is 15.1. The van der Waals surface area contributed by atoms with Crippen LogP contribution in [-0.2, 0) is 14.3 Å². The second kappa shape index (κ2) is 16.0. The van der Waals surface area contributed by atoms with Gasteiger partial charge in [0.2, 0.25) is 0 Å². The molecule has 0 aromatic heterocycles. The number of ether oxygens (including phenoxy) is 1. The molecule has 4 nitrogen and oxygen atoms in total. The van der Waals surface area contributed by atoms with Crippen LogP contribution in [0, 0.1) is 5.92 Å². The third-order valence-electron chi connectivity index (χ3n) is 4.15. The molecule has 0 rings (SSSR count). The standard InChI is InChI=1S/C19H36O4/c1-3-5-7-10-14-17(13-6-4-2)19(22)23-18(21)15-11-8-9-12-16-20/h17,20H,3-16H2,1-2H3. The minimum absolute atomic E-state index is 0.120. The van der Waals surface area contributed by atoms with Crippen molar-refractivity contribution >= 4 is 11.9 Å². The Hall–Kier alpha value is -0.900. The molecular weight excluding hydrogens is 292 g/mol. The predicted molar refractivity (Wildman–Crippen MR) is 93.0 cm³/mol. The summed E-state index contributed by atoms with van der Waals surface area (Å²) in [6.07, 6.45) is 11.9. The predicted octanol–water partition coefficient (Wildman–Crippen LogP) is 4.78. The highest BCUT2D eigenvalue weighted by Gasteiger charge is 2.21. The van der Waals surface area contributed by atoms with Gasteiger partial charge in [0.15, 0.2) is 0 Å². The Morgan fingerprint density at radius 2 is 1.43 bits per heavy atom. The Kier molecular flexibility index (Phi) is 15.4. The monoisotopic (exact) mass is 328 g/mol. The maximum atomic E-state index is 12.2. The molecular formula is C19H36O4. The molecule has 1 unspecified atom stereocenters. The average Bonchev–Trinajstić information content (AvgIpc) is 2.53. The van der Waals surface area contributed by atoms with E-state index in [1.165, 1.54) is 12.8 Å². The van der Waals surface area contributed by atoms with Gasteiger partial charge in [0, 0.05) is 13.0 Å². The number of aliphatic hydroxyl groups is 1. The van der Waals surface area contributed by atoms with Crippen LogP contribution in [0.25, 0.3) is 0 Å². The van der Waals surface area contributed by atoms with Crippen molar-refractivity contribution in [1.82, 2.24) is 0 Å². The molecule has 0 spiro atoms. The van der Waals surface area contributed by atoms with Crippen LogP contribution in [0.4, 0.5) is 0 Å². The molecule has 4 heteroatoms. The van der Waals surface area contributed by atoms with Gasteiger partial charge in [0.1, 0.15) is 0 Å². The quantitative estimate of drug-likeness (QED) is 0.267. The minimum Gasteiger partial charge on any atom is -0.396 e. The molecule has 23 heavy (non-hydrogen) atoms. The van der Waals surface area contributed by atoms with E-state index >= 15 is 0 Å². The molecule has 0 aromatic rings. The van der Waals surface area contributed by atoms with Crippen molar-refractivity contribution in [2.45, 2.75) is 97.3 Å². The van der Waals surface area contributed by atoms with Crippen molar-refractivity contribution in [3.63, 3.8) is 0 Å². The van der Waals surface area contributed by atoms with Crippen molar-refractivity contribution in [2.24, 2.45) is 5.92 Å². The number of hydrogen-bond donors (Lipinski definition) is 1. The molecule has 0 fully saturated rings. The van der Waals surface area contributed by atoms with Crippen LogP contribution in [0.5, 0.6) is 0 Å². The maximum Gasteiger partial charge on any atom is 0.316 e. The highest BCUT2D eigenvalue weighted by Crippen LogP contribution is 2.19. The van der Waals surface area contributed by atoms with Crippen LogP contribution in [-0.4, -0.2) is 23.7 Å². The third-order valence-corrected chi connectivity index (χ3v) is 4.15. The summed E-state index contributed by atoms with van der Waals surface area (Å²) in [4.78, 5) is 23.9. The highest BCUT2D eigenvalue weighted by atomic mass is 16.6. The van der Waals surface area contributed by atoms with Crippen LogP contribution in [0.2, 0.25) is 0 Å². The summed E-state index contributed by atoms with van der Waals surface area (Å²) in [5.74, 6) is -0.838. The number of carbonyl (C=O) groups is 2. The summed E-state index contributed by atoms with van der Waals surface area (Å²) in [5.41, 5.74) is 0. The lowest BCUT2D eigenvalue weighted by Crippen LogP contribution is -2.21. The van der Waals surface area contributed by atoms with Gasteiger partial charge in [-0.15, -0.1) is 0 Å². The first-order valence-electron chi connectivity index (χ1n) is 9.51. The van der Waals surface area contributed by atoms with Crippen molar-refractivity contribution < 1.29 is 19.4 Å². The number of esters is 2. The first kappa shape index (κ1) is 22.1. The van der Waals surface area contributed by atoms with Crippen LogP contribution >= 0.6 is 0 Å². The third kappa shape index (κ3) is 13.3. The summed E-state index contributed by atoms with van der Waals surface area (Å²) < 4.78 is 5.05. The zero-order valence-corrected chi connectivity index (χ0v) is 15.1. The van der Waals surface area contributed by atoms with Gasteiger partial charge < -0.3 is 9.84 Å². The molecule has 0 aliphatic carbocycles. The lowest BCUT2D eigenvalue weighted by Gasteiger charge is -2.14. The van der Waals surface area contributed by atoms with Crippen molar-refractivity contribution in [1.29, 1.82) is 0 Å². The van der Waals surface area contributed by atoms with E-state index in [4.69, 9.17) is 9.84 Å². The van der Waals surface area contributed by atoms with E-state index in [9.17, 15) is 9.59 Å². The lowest BCUT2D eigenvalue weighted by molar-refractivity contribution is -0.163. The number of carbonyl (C=O) groups excluding carboxylic acids is 2. The number of unbranched alkanes of at least 4 members (excludes halogenated alkanes) is 7. The second-order valence-electron chi connectivity index (χ2n) is 6.37. The molecule has 0 bridgehead atoms. The van der Waals surface area contributed by atoms with E-state index in [1.54, 1.807) is 0 Å². The van der Waals surface area contributed by atoms with Gasteiger partial charge in [-0.1, -0.05) is 65.2 Å². The van der Waals surface area contributed by atoms with E-state index in [1.807, 2.05) is 0 Å². The molecule has 0 aromatic carbocycles. The molecule has 0 radical (unpaired) electrons. The Labute approximate surface area is 142 Å². The molecule has 1 atom stereocenters. The molecule has 136 valence electrons. The van der Waals surface area contributed by atoms with Gasteiger partial charge in [-0.3, -0.25) is 9.59 Å². The summed E-state index contributed by atoms with van der Waals surface area (Å²) >= 11 is 0. The Bertz CT molecular complexity index is 302. The summed E-state index contributed by atoms with van der Waals surface area (Å²) in [6.45, 7) is 4.47. The number of rotatable bonds is 15. The lowest BCUT2D eigenvalue weighted by atomic mass is 9.95. The molecule has 0 aliphatic rings. The van der Waals surface area contributed by atoms with E-state index in [2.05, 4.69) is 13.8 Å². The first-order valence-corrected chi connectivity index (χ1v) is 9.51. The largest absolute Gasteiger partial charge is 0.396 e. The van der Waals surface area contributed by atoms with Crippen molar-refractivity contribution in [3.05, 3.63) is 0 Å². The molecule has 1 N–H and O–H groups in total. The molecule has 0 amide bonds. The van der Waals surface area contributed by atoms with Crippen LogP contribution < -0.4 is 0 Å². The summed E-state index contributed by atoms with van der Waals surface area (Å²) in [5, 5.41) is 8.69. The van der Waals surface area contributed by atoms with E-state index in [0.717, 1.165) is 64.2 Å². The van der Waals surface area contributed by atoms with E-state index in [0.29, 0.717) is 6.42 Å². The molecule has 0 saturated heterocycles. The van der Waals surface area contributed by atoms with Crippen LogP contribution in [0.3, 0.4) is 0 Å². The van der Waals surface area contributed by atoms with E-state index in [-0.39, 0.29) is 18.5 Å². The smallest absolute Gasteiger partial charge is 0.316 e. The van der Waals surface area contributed by atoms with Gasteiger partial charge in [0.25, 0.3) is 0 Å². The van der Waals surface area contributed by atoms with Crippen molar-refractivity contribution in [3.8, 4) is 0 Å².